The van der Waals surface area contributed by atoms with Crippen molar-refractivity contribution in [2.75, 3.05) is 26.7 Å². The highest BCUT2D eigenvalue weighted by Gasteiger charge is 2.27. The largest absolute Gasteiger partial charge is 0.373 e. The molecule has 3 atom stereocenters. The van der Waals surface area contributed by atoms with Crippen molar-refractivity contribution in [3.63, 3.8) is 0 Å². The molecule has 2 aromatic rings. The van der Waals surface area contributed by atoms with Gasteiger partial charge in [-0.1, -0.05) is 37.3 Å². The van der Waals surface area contributed by atoms with Crippen LogP contribution in [0.15, 0.2) is 52.2 Å². The maximum Gasteiger partial charge on any atom is 0.191 e. The van der Waals surface area contributed by atoms with E-state index in [9.17, 15) is 0 Å². The second-order valence-electron chi connectivity index (χ2n) is 6.90. The van der Waals surface area contributed by atoms with E-state index in [1.54, 1.807) is 11.3 Å². The molecule has 0 bridgehead atoms. The second-order valence-corrected chi connectivity index (χ2v) is 7.68. The molecule has 0 saturated carbocycles. The average Bonchev–Trinajstić information content (AvgIpc) is 3.24. The number of thiophene rings is 1. The van der Waals surface area contributed by atoms with Gasteiger partial charge in [0, 0.05) is 32.7 Å². The first-order chi connectivity index (χ1) is 12.8. The Balaban J connectivity index is 0.00000261. The van der Waals surface area contributed by atoms with Gasteiger partial charge < -0.3 is 15.4 Å². The Kier molecular flexibility index (Phi) is 9.58. The van der Waals surface area contributed by atoms with Gasteiger partial charge in [-0.25, -0.2) is 0 Å². The first-order valence-electron chi connectivity index (χ1n) is 9.41. The van der Waals surface area contributed by atoms with Gasteiger partial charge in [-0.2, -0.15) is 11.3 Å². The fraction of sp³-hybridized carbons (Fsp3) is 0.476. The van der Waals surface area contributed by atoms with Crippen molar-refractivity contribution in [2.45, 2.75) is 31.8 Å². The van der Waals surface area contributed by atoms with E-state index in [4.69, 9.17) is 4.74 Å². The number of aliphatic imine (C=N–C) groups is 1. The summed E-state index contributed by atoms with van der Waals surface area (Å²) < 4.78 is 6.09. The standard InChI is InChI=1S/C21H29N3OS.HI/c1-16(19-10-12-26-15-19)13-23-21(22-2)24-14-18-9-6-11-25-20(18)17-7-4-3-5-8-17;/h3-5,7-8,10,12,15-16,18,20H,6,9,11,13-14H2,1-2H3,(H2,22,23,24);1H. The molecular formula is C21H30IN3OS. The summed E-state index contributed by atoms with van der Waals surface area (Å²) in [6.07, 6.45) is 2.46. The number of ether oxygens (including phenoxy) is 1. The quantitative estimate of drug-likeness (QED) is 0.341. The fourth-order valence-electron chi connectivity index (χ4n) is 3.43. The number of nitrogens with zero attached hydrogens (tertiary/aromatic N) is 1. The smallest absolute Gasteiger partial charge is 0.191 e. The van der Waals surface area contributed by atoms with E-state index >= 15 is 0 Å². The van der Waals surface area contributed by atoms with Gasteiger partial charge >= 0.3 is 0 Å². The van der Waals surface area contributed by atoms with Crippen LogP contribution in [-0.2, 0) is 4.74 Å². The minimum atomic E-state index is 0. The molecule has 0 amide bonds. The lowest BCUT2D eigenvalue weighted by molar-refractivity contribution is -0.0265. The van der Waals surface area contributed by atoms with Crippen LogP contribution < -0.4 is 10.6 Å². The van der Waals surface area contributed by atoms with Crippen molar-refractivity contribution in [1.29, 1.82) is 0 Å². The highest BCUT2D eigenvalue weighted by Crippen LogP contribution is 2.33. The van der Waals surface area contributed by atoms with Crippen LogP contribution in [0.25, 0.3) is 0 Å². The maximum absolute atomic E-state index is 6.09. The van der Waals surface area contributed by atoms with Gasteiger partial charge in [-0.3, -0.25) is 4.99 Å². The lowest BCUT2D eigenvalue weighted by Gasteiger charge is -2.32. The number of hydrogen-bond donors (Lipinski definition) is 2. The zero-order valence-electron chi connectivity index (χ0n) is 16.1. The predicted molar refractivity (Wildman–Crippen MR) is 125 cm³/mol. The van der Waals surface area contributed by atoms with E-state index in [1.807, 2.05) is 7.05 Å². The number of guanidine groups is 1. The highest BCUT2D eigenvalue weighted by atomic mass is 127. The zero-order valence-corrected chi connectivity index (χ0v) is 19.2. The third-order valence-electron chi connectivity index (χ3n) is 5.02. The van der Waals surface area contributed by atoms with E-state index in [1.165, 1.54) is 17.5 Å². The summed E-state index contributed by atoms with van der Waals surface area (Å²) in [5.41, 5.74) is 2.65. The molecule has 0 spiro atoms. The molecule has 1 aromatic heterocycles. The van der Waals surface area contributed by atoms with Crippen molar-refractivity contribution < 1.29 is 4.74 Å². The van der Waals surface area contributed by atoms with Gasteiger partial charge in [-0.05, 0) is 46.7 Å². The van der Waals surface area contributed by atoms with E-state index in [0.29, 0.717) is 11.8 Å². The topological polar surface area (TPSA) is 45.7 Å². The summed E-state index contributed by atoms with van der Waals surface area (Å²) >= 11 is 1.75. The van der Waals surface area contributed by atoms with Crippen molar-refractivity contribution in [1.82, 2.24) is 10.6 Å². The van der Waals surface area contributed by atoms with Gasteiger partial charge in [0.15, 0.2) is 5.96 Å². The Morgan fingerprint density at radius 2 is 2.07 bits per heavy atom. The molecule has 1 fully saturated rings. The molecule has 2 heterocycles. The molecule has 148 valence electrons. The minimum absolute atomic E-state index is 0. The van der Waals surface area contributed by atoms with Crippen molar-refractivity contribution >= 4 is 41.3 Å². The Morgan fingerprint density at radius 1 is 1.26 bits per heavy atom. The molecule has 1 aromatic carbocycles. The molecule has 6 heteroatoms. The molecule has 2 N–H and O–H groups in total. The van der Waals surface area contributed by atoms with Gasteiger partial charge in [0.05, 0.1) is 6.10 Å². The average molecular weight is 499 g/mol. The Labute approximate surface area is 183 Å². The normalized spacial score (nSPS) is 21.2. The van der Waals surface area contributed by atoms with Crippen LogP contribution in [0.5, 0.6) is 0 Å². The van der Waals surface area contributed by atoms with Crippen LogP contribution in [0, 0.1) is 5.92 Å². The van der Waals surface area contributed by atoms with Gasteiger partial charge in [0.2, 0.25) is 0 Å². The van der Waals surface area contributed by atoms with Crippen molar-refractivity contribution in [3.8, 4) is 0 Å². The van der Waals surface area contributed by atoms with Crippen LogP contribution in [-0.4, -0.2) is 32.7 Å². The third kappa shape index (κ3) is 6.47. The van der Waals surface area contributed by atoms with Crippen molar-refractivity contribution in [2.24, 2.45) is 10.9 Å². The molecule has 1 aliphatic rings. The molecule has 1 saturated heterocycles. The SMILES string of the molecule is CN=C(NCC(C)c1ccsc1)NCC1CCCOC1c1ccccc1.I. The first kappa shape index (κ1) is 22.2. The van der Waals surface area contributed by atoms with E-state index in [2.05, 4.69) is 69.7 Å². The van der Waals surface area contributed by atoms with Gasteiger partial charge in [-0.15, -0.1) is 24.0 Å². The first-order valence-corrected chi connectivity index (χ1v) is 10.4. The van der Waals surface area contributed by atoms with Crippen LogP contribution in [0.4, 0.5) is 0 Å². The number of halogens is 1. The molecular weight excluding hydrogens is 469 g/mol. The lowest BCUT2D eigenvalue weighted by Crippen LogP contribution is -2.43. The highest BCUT2D eigenvalue weighted by molar-refractivity contribution is 14.0. The van der Waals surface area contributed by atoms with Crippen molar-refractivity contribution in [3.05, 3.63) is 58.3 Å². The number of rotatable bonds is 6. The molecule has 0 aliphatic carbocycles. The summed E-state index contributed by atoms with van der Waals surface area (Å²) in [6, 6.07) is 12.8. The van der Waals surface area contributed by atoms with Gasteiger partial charge in [0.25, 0.3) is 0 Å². The summed E-state index contributed by atoms with van der Waals surface area (Å²) in [6.45, 7) is 4.83. The van der Waals surface area contributed by atoms with Crippen LogP contribution in [0.2, 0.25) is 0 Å². The van der Waals surface area contributed by atoms with Crippen LogP contribution >= 0.6 is 35.3 Å². The van der Waals surface area contributed by atoms with Gasteiger partial charge in [0.1, 0.15) is 0 Å². The Hall–Kier alpha value is -1.12. The summed E-state index contributed by atoms with van der Waals surface area (Å²) in [7, 11) is 1.83. The Bertz CT molecular complexity index is 678. The summed E-state index contributed by atoms with van der Waals surface area (Å²) in [4.78, 5) is 4.38. The minimum Gasteiger partial charge on any atom is -0.373 e. The molecule has 1 aliphatic heterocycles. The number of hydrogen-bond acceptors (Lipinski definition) is 3. The second kappa shape index (κ2) is 11.7. The molecule has 3 rings (SSSR count). The maximum atomic E-state index is 6.09. The molecule has 0 radical (unpaired) electrons. The summed E-state index contributed by atoms with van der Waals surface area (Å²) in [5, 5.41) is 11.3. The zero-order chi connectivity index (χ0) is 18.2. The van der Waals surface area contributed by atoms with E-state index < -0.39 is 0 Å². The molecule has 27 heavy (non-hydrogen) atoms. The van der Waals surface area contributed by atoms with E-state index in [0.717, 1.165) is 32.1 Å². The monoisotopic (exact) mass is 499 g/mol. The third-order valence-corrected chi connectivity index (χ3v) is 5.72. The predicted octanol–water partition coefficient (Wildman–Crippen LogP) is 4.80. The van der Waals surface area contributed by atoms with Crippen LogP contribution in [0.1, 0.15) is 42.9 Å². The molecule has 4 nitrogen and oxygen atoms in total. The number of nitrogens with one attached hydrogen (secondary N) is 2. The lowest BCUT2D eigenvalue weighted by atomic mass is 9.89. The fourth-order valence-corrected chi connectivity index (χ4v) is 4.22. The van der Waals surface area contributed by atoms with Crippen LogP contribution in [0.3, 0.4) is 0 Å². The Morgan fingerprint density at radius 3 is 2.78 bits per heavy atom. The number of benzene rings is 1. The molecule has 3 unspecified atom stereocenters. The summed E-state index contributed by atoms with van der Waals surface area (Å²) in [5.74, 6) is 1.79. The van der Waals surface area contributed by atoms with E-state index in [-0.39, 0.29) is 30.1 Å².